The van der Waals surface area contributed by atoms with Gasteiger partial charge >= 0.3 is 0 Å². The number of hydrogen-bond donors (Lipinski definition) is 0. The molecular weight excluding hydrogens is 390 g/mol. The predicted octanol–water partition coefficient (Wildman–Crippen LogP) is 5.35. The molecule has 0 amide bonds. The van der Waals surface area contributed by atoms with E-state index in [4.69, 9.17) is 16.0 Å². The normalized spacial score (nSPS) is 12.5. The van der Waals surface area contributed by atoms with Crippen LogP contribution in [-0.4, -0.2) is 22.1 Å². The SMILES string of the molecule is C[C@@H](c1nnc(-c2cccc(Cl)c2)o1)N(C)Cc1ccc(Br)cc1. The molecule has 4 nitrogen and oxygen atoms in total. The third-order valence-electron chi connectivity index (χ3n) is 3.88. The van der Waals surface area contributed by atoms with Crippen LogP contribution in [0, 0.1) is 0 Å². The summed E-state index contributed by atoms with van der Waals surface area (Å²) in [5.74, 6) is 1.07. The highest BCUT2D eigenvalue weighted by molar-refractivity contribution is 9.10. The summed E-state index contributed by atoms with van der Waals surface area (Å²) in [7, 11) is 2.04. The Bertz CT molecular complexity index is 819. The van der Waals surface area contributed by atoms with Crippen molar-refractivity contribution in [3.63, 3.8) is 0 Å². The van der Waals surface area contributed by atoms with E-state index in [0.29, 0.717) is 16.8 Å². The van der Waals surface area contributed by atoms with Gasteiger partial charge in [-0.15, -0.1) is 10.2 Å². The molecule has 0 saturated heterocycles. The van der Waals surface area contributed by atoms with Crippen molar-refractivity contribution >= 4 is 27.5 Å². The maximum absolute atomic E-state index is 6.01. The first-order valence-electron chi connectivity index (χ1n) is 7.57. The van der Waals surface area contributed by atoms with Crippen LogP contribution in [0.25, 0.3) is 11.5 Å². The molecule has 0 aliphatic heterocycles. The second kappa shape index (κ2) is 7.47. The molecule has 6 heteroatoms. The lowest BCUT2D eigenvalue weighted by Gasteiger charge is -2.21. The molecule has 0 N–H and O–H groups in total. The van der Waals surface area contributed by atoms with Crippen LogP contribution in [0.3, 0.4) is 0 Å². The highest BCUT2D eigenvalue weighted by Gasteiger charge is 2.19. The van der Waals surface area contributed by atoms with E-state index in [9.17, 15) is 0 Å². The quantitative estimate of drug-likeness (QED) is 0.573. The zero-order valence-corrected chi connectivity index (χ0v) is 15.8. The molecule has 124 valence electrons. The van der Waals surface area contributed by atoms with Crippen molar-refractivity contribution < 1.29 is 4.42 Å². The van der Waals surface area contributed by atoms with Crippen LogP contribution in [0.4, 0.5) is 0 Å². The lowest BCUT2D eigenvalue weighted by molar-refractivity contribution is 0.218. The Hall–Kier alpha value is -1.69. The molecule has 1 atom stereocenters. The maximum Gasteiger partial charge on any atom is 0.247 e. The first-order chi connectivity index (χ1) is 11.5. The predicted molar refractivity (Wildman–Crippen MR) is 98.8 cm³/mol. The molecule has 0 spiro atoms. The number of halogens is 2. The summed E-state index contributed by atoms with van der Waals surface area (Å²) in [5.41, 5.74) is 2.05. The summed E-state index contributed by atoms with van der Waals surface area (Å²) in [6, 6.07) is 15.7. The van der Waals surface area contributed by atoms with Gasteiger partial charge in [0.05, 0.1) is 6.04 Å². The molecular formula is C18H17BrClN3O. The Morgan fingerprint density at radius 2 is 1.92 bits per heavy atom. The van der Waals surface area contributed by atoms with Gasteiger partial charge in [-0.3, -0.25) is 4.90 Å². The van der Waals surface area contributed by atoms with E-state index in [1.54, 1.807) is 0 Å². The second-order valence-corrected chi connectivity index (χ2v) is 7.03. The molecule has 0 fully saturated rings. The summed E-state index contributed by atoms with van der Waals surface area (Å²) in [6.45, 7) is 2.84. The molecule has 0 aliphatic carbocycles. The van der Waals surface area contributed by atoms with E-state index < -0.39 is 0 Å². The van der Waals surface area contributed by atoms with Crippen LogP contribution in [0.1, 0.15) is 24.4 Å². The van der Waals surface area contributed by atoms with Crippen molar-refractivity contribution in [1.29, 1.82) is 0 Å². The van der Waals surface area contributed by atoms with Crippen molar-refractivity contribution in [3.05, 3.63) is 69.5 Å². The molecule has 0 aliphatic rings. The molecule has 3 aromatic rings. The molecule has 0 saturated carbocycles. The molecule has 3 rings (SSSR count). The van der Waals surface area contributed by atoms with Gasteiger partial charge in [-0.05, 0) is 49.9 Å². The van der Waals surface area contributed by atoms with Crippen LogP contribution in [0.2, 0.25) is 5.02 Å². The monoisotopic (exact) mass is 405 g/mol. The molecule has 0 unspecified atom stereocenters. The second-order valence-electron chi connectivity index (χ2n) is 5.67. The average Bonchev–Trinajstić information content (AvgIpc) is 3.06. The minimum absolute atomic E-state index is 0.00841. The van der Waals surface area contributed by atoms with Gasteiger partial charge in [0.15, 0.2) is 0 Å². The van der Waals surface area contributed by atoms with Gasteiger partial charge in [-0.1, -0.05) is 45.7 Å². The van der Waals surface area contributed by atoms with Gasteiger partial charge in [-0.2, -0.15) is 0 Å². The van der Waals surface area contributed by atoms with E-state index in [1.807, 2.05) is 50.4 Å². The molecule has 0 radical (unpaired) electrons. The average molecular weight is 407 g/mol. The van der Waals surface area contributed by atoms with Gasteiger partial charge in [-0.25, -0.2) is 0 Å². The Labute approximate surface area is 154 Å². The first kappa shape index (κ1) is 17.1. The molecule has 2 aromatic carbocycles. The van der Waals surface area contributed by atoms with Crippen LogP contribution >= 0.6 is 27.5 Å². The smallest absolute Gasteiger partial charge is 0.247 e. The number of nitrogens with zero attached hydrogens (tertiary/aromatic N) is 3. The fourth-order valence-electron chi connectivity index (χ4n) is 2.34. The summed E-state index contributed by atoms with van der Waals surface area (Å²) in [4.78, 5) is 2.17. The molecule has 24 heavy (non-hydrogen) atoms. The highest BCUT2D eigenvalue weighted by Crippen LogP contribution is 2.26. The van der Waals surface area contributed by atoms with Crippen LogP contribution in [0.15, 0.2) is 57.4 Å². The Morgan fingerprint density at radius 3 is 2.62 bits per heavy atom. The third kappa shape index (κ3) is 4.04. The lowest BCUT2D eigenvalue weighted by Crippen LogP contribution is -2.22. The van der Waals surface area contributed by atoms with Gasteiger partial charge in [0, 0.05) is 21.6 Å². The fourth-order valence-corrected chi connectivity index (χ4v) is 2.80. The van der Waals surface area contributed by atoms with E-state index >= 15 is 0 Å². The lowest BCUT2D eigenvalue weighted by atomic mass is 10.2. The minimum atomic E-state index is 0.00841. The topological polar surface area (TPSA) is 42.2 Å². The summed E-state index contributed by atoms with van der Waals surface area (Å²) < 4.78 is 6.91. The number of benzene rings is 2. The number of hydrogen-bond acceptors (Lipinski definition) is 4. The molecule has 1 aromatic heterocycles. The summed E-state index contributed by atoms with van der Waals surface area (Å²) in [6.07, 6.45) is 0. The van der Waals surface area contributed by atoms with Crippen molar-refractivity contribution in [2.24, 2.45) is 0 Å². The van der Waals surface area contributed by atoms with Crippen molar-refractivity contribution in [1.82, 2.24) is 15.1 Å². The van der Waals surface area contributed by atoms with Crippen LogP contribution in [0.5, 0.6) is 0 Å². The van der Waals surface area contributed by atoms with Gasteiger partial charge in [0.2, 0.25) is 11.8 Å². The van der Waals surface area contributed by atoms with Crippen LogP contribution < -0.4 is 0 Å². The largest absolute Gasteiger partial charge is 0.419 e. The highest BCUT2D eigenvalue weighted by atomic mass is 79.9. The third-order valence-corrected chi connectivity index (χ3v) is 4.64. The van der Waals surface area contributed by atoms with E-state index in [0.717, 1.165) is 16.6 Å². The summed E-state index contributed by atoms with van der Waals surface area (Å²) >= 11 is 9.47. The molecule has 0 bridgehead atoms. The van der Waals surface area contributed by atoms with Crippen LogP contribution in [-0.2, 0) is 6.54 Å². The number of aromatic nitrogens is 2. The molecule has 1 heterocycles. The maximum atomic E-state index is 6.01. The first-order valence-corrected chi connectivity index (χ1v) is 8.74. The van der Waals surface area contributed by atoms with Crippen molar-refractivity contribution in [2.45, 2.75) is 19.5 Å². The van der Waals surface area contributed by atoms with E-state index in [1.165, 1.54) is 5.56 Å². The van der Waals surface area contributed by atoms with Crippen molar-refractivity contribution in [2.75, 3.05) is 7.05 Å². The zero-order valence-electron chi connectivity index (χ0n) is 13.4. The summed E-state index contributed by atoms with van der Waals surface area (Å²) in [5, 5.41) is 8.98. The van der Waals surface area contributed by atoms with Crippen molar-refractivity contribution in [3.8, 4) is 11.5 Å². The Morgan fingerprint density at radius 1 is 1.17 bits per heavy atom. The van der Waals surface area contributed by atoms with Gasteiger partial charge in [0.25, 0.3) is 0 Å². The minimum Gasteiger partial charge on any atom is -0.419 e. The van der Waals surface area contributed by atoms with Gasteiger partial charge in [0.1, 0.15) is 0 Å². The zero-order chi connectivity index (χ0) is 17.1. The fraction of sp³-hybridized carbons (Fsp3) is 0.222. The van der Waals surface area contributed by atoms with E-state index in [2.05, 4.69) is 43.2 Å². The Kier molecular flexibility index (Phi) is 5.33. The van der Waals surface area contributed by atoms with Gasteiger partial charge < -0.3 is 4.42 Å². The van der Waals surface area contributed by atoms with E-state index in [-0.39, 0.29) is 6.04 Å². The number of rotatable bonds is 5. The Balaban J connectivity index is 1.73. The standard InChI is InChI=1S/C18H17BrClN3O/c1-12(23(2)11-13-6-8-15(19)9-7-13)17-21-22-18(24-17)14-4-3-5-16(20)10-14/h3-10,12H,11H2,1-2H3/t12-/m0/s1.